The molecule has 0 saturated carbocycles. The molecule has 0 radical (unpaired) electrons. The van der Waals surface area contributed by atoms with Crippen molar-refractivity contribution in [2.24, 2.45) is 5.73 Å². The summed E-state index contributed by atoms with van der Waals surface area (Å²) in [5, 5.41) is 2.82. The topological polar surface area (TPSA) is 26.0 Å². The molecule has 0 amide bonds. The SMILES string of the molecule is NCc1ccc(C2Cc3cccc4cccc2c34)cc1. The van der Waals surface area contributed by atoms with Gasteiger partial charge in [0.05, 0.1) is 0 Å². The molecule has 1 atom stereocenters. The van der Waals surface area contributed by atoms with Crippen molar-refractivity contribution in [3.05, 3.63) is 82.9 Å². The lowest BCUT2D eigenvalue weighted by Crippen LogP contribution is -2.00. The third kappa shape index (κ3) is 1.67. The van der Waals surface area contributed by atoms with Crippen LogP contribution >= 0.6 is 0 Å². The van der Waals surface area contributed by atoms with Crippen molar-refractivity contribution in [2.45, 2.75) is 18.9 Å². The van der Waals surface area contributed by atoms with E-state index in [1.54, 1.807) is 0 Å². The highest BCUT2D eigenvalue weighted by molar-refractivity contribution is 5.92. The van der Waals surface area contributed by atoms with Gasteiger partial charge in [-0.05, 0) is 39.4 Å². The fourth-order valence-corrected chi connectivity index (χ4v) is 3.42. The zero-order chi connectivity index (χ0) is 13.5. The Morgan fingerprint density at radius 3 is 2.40 bits per heavy atom. The van der Waals surface area contributed by atoms with Gasteiger partial charge in [0.2, 0.25) is 0 Å². The highest BCUT2D eigenvalue weighted by Crippen LogP contribution is 2.41. The lowest BCUT2D eigenvalue weighted by Gasteiger charge is -2.12. The molecule has 2 N–H and O–H groups in total. The molecule has 3 aromatic rings. The van der Waals surface area contributed by atoms with Gasteiger partial charge in [-0.2, -0.15) is 0 Å². The maximum absolute atomic E-state index is 5.68. The van der Waals surface area contributed by atoms with E-state index in [-0.39, 0.29) is 0 Å². The Morgan fingerprint density at radius 2 is 1.65 bits per heavy atom. The molecule has 0 saturated heterocycles. The van der Waals surface area contributed by atoms with E-state index >= 15 is 0 Å². The molecule has 1 aliphatic carbocycles. The van der Waals surface area contributed by atoms with Gasteiger partial charge in [0.1, 0.15) is 0 Å². The zero-order valence-corrected chi connectivity index (χ0v) is 11.3. The van der Waals surface area contributed by atoms with E-state index < -0.39 is 0 Å². The van der Waals surface area contributed by atoms with Gasteiger partial charge < -0.3 is 5.73 Å². The van der Waals surface area contributed by atoms with Crippen molar-refractivity contribution in [3.63, 3.8) is 0 Å². The van der Waals surface area contributed by atoms with Crippen LogP contribution in [0.5, 0.6) is 0 Å². The monoisotopic (exact) mass is 259 g/mol. The number of hydrogen-bond donors (Lipinski definition) is 1. The normalized spacial score (nSPS) is 16.8. The summed E-state index contributed by atoms with van der Waals surface area (Å²) >= 11 is 0. The summed E-state index contributed by atoms with van der Waals surface area (Å²) in [4.78, 5) is 0. The van der Waals surface area contributed by atoms with Gasteiger partial charge >= 0.3 is 0 Å². The number of nitrogens with two attached hydrogens (primary N) is 1. The second-order valence-corrected chi connectivity index (χ2v) is 5.56. The van der Waals surface area contributed by atoms with Gasteiger partial charge in [-0.1, -0.05) is 60.7 Å². The summed E-state index contributed by atoms with van der Waals surface area (Å²) in [6, 6.07) is 22.1. The fraction of sp³-hybridized carbons (Fsp3) is 0.158. The van der Waals surface area contributed by atoms with E-state index in [0.717, 1.165) is 6.42 Å². The van der Waals surface area contributed by atoms with Crippen molar-refractivity contribution >= 4 is 10.8 Å². The van der Waals surface area contributed by atoms with Gasteiger partial charge in [0.25, 0.3) is 0 Å². The molecule has 20 heavy (non-hydrogen) atoms. The largest absolute Gasteiger partial charge is 0.326 e. The van der Waals surface area contributed by atoms with E-state index in [1.165, 1.54) is 33.0 Å². The highest BCUT2D eigenvalue weighted by Gasteiger charge is 2.25. The molecule has 1 aliphatic rings. The molecule has 1 heteroatoms. The molecular formula is C19H17N. The van der Waals surface area contributed by atoms with Crippen LogP contribution in [0.4, 0.5) is 0 Å². The van der Waals surface area contributed by atoms with Gasteiger partial charge in [0, 0.05) is 12.5 Å². The smallest absolute Gasteiger partial charge is 0.0178 e. The molecule has 0 spiro atoms. The first-order valence-electron chi connectivity index (χ1n) is 7.16. The van der Waals surface area contributed by atoms with Crippen LogP contribution in [0.1, 0.15) is 28.2 Å². The Labute approximate surface area is 119 Å². The first kappa shape index (κ1) is 11.7. The van der Waals surface area contributed by atoms with Crippen molar-refractivity contribution in [1.82, 2.24) is 0 Å². The molecule has 1 unspecified atom stereocenters. The molecule has 4 rings (SSSR count). The van der Waals surface area contributed by atoms with E-state index in [9.17, 15) is 0 Å². The number of benzene rings is 3. The minimum atomic E-state index is 0.489. The first-order chi connectivity index (χ1) is 9.86. The molecule has 0 aliphatic heterocycles. The van der Waals surface area contributed by atoms with Gasteiger partial charge in [-0.25, -0.2) is 0 Å². The molecular weight excluding hydrogens is 242 g/mol. The average Bonchev–Trinajstić information content (AvgIpc) is 2.89. The summed E-state index contributed by atoms with van der Waals surface area (Å²) in [6.07, 6.45) is 1.11. The minimum absolute atomic E-state index is 0.489. The van der Waals surface area contributed by atoms with Crippen LogP contribution in [0.25, 0.3) is 10.8 Å². The lowest BCUT2D eigenvalue weighted by molar-refractivity contribution is 0.846. The Bertz CT molecular complexity index is 766. The molecule has 0 heterocycles. The second-order valence-electron chi connectivity index (χ2n) is 5.56. The number of rotatable bonds is 2. The van der Waals surface area contributed by atoms with Gasteiger partial charge in [-0.3, -0.25) is 0 Å². The van der Waals surface area contributed by atoms with Crippen LogP contribution in [0.15, 0.2) is 60.7 Å². The maximum Gasteiger partial charge on any atom is 0.0178 e. The third-order valence-electron chi connectivity index (χ3n) is 4.44. The Balaban J connectivity index is 1.85. The summed E-state index contributed by atoms with van der Waals surface area (Å²) in [7, 11) is 0. The Hall–Kier alpha value is -2.12. The second kappa shape index (κ2) is 4.46. The van der Waals surface area contributed by atoms with Crippen LogP contribution < -0.4 is 5.73 Å². The van der Waals surface area contributed by atoms with E-state index in [1.807, 2.05) is 0 Å². The number of hydrogen-bond acceptors (Lipinski definition) is 1. The lowest BCUT2D eigenvalue weighted by atomic mass is 9.91. The van der Waals surface area contributed by atoms with Crippen LogP contribution in [0.2, 0.25) is 0 Å². The maximum atomic E-state index is 5.68. The molecule has 1 nitrogen and oxygen atoms in total. The minimum Gasteiger partial charge on any atom is -0.326 e. The van der Waals surface area contributed by atoms with Gasteiger partial charge in [0.15, 0.2) is 0 Å². The third-order valence-corrected chi connectivity index (χ3v) is 4.44. The van der Waals surface area contributed by atoms with E-state index in [2.05, 4.69) is 60.7 Å². The molecule has 98 valence electrons. The Kier molecular flexibility index (Phi) is 2.61. The summed E-state index contributed by atoms with van der Waals surface area (Å²) in [6.45, 7) is 0.612. The molecule has 0 fully saturated rings. The van der Waals surface area contributed by atoms with Crippen LogP contribution in [0, 0.1) is 0 Å². The van der Waals surface area contributed by atoms with E-state index in [4.69, 9.17) is 5.73 Å². The van der Waals surface area contributed by atoms with Crippen LogP contribution in [-0.2, 0) is 13.0 Å². The van der Waals surface area contributed by atoms with Crippen molar-refractivity contribution in [3.8, 4) is 0 Å². The molecule has 3 aromatic carbocycles. The quantitative estimate of drug-likeness (QED) is 0.740. The highest BCUT2D eigenvalue weighted by atomic mass is 14.5. The zero-order valence-electron chi connectivity index (χ0n) is 11.3. The Morgan fingerprint density at radius 1 is 0.900 bits per heavy atom. The molecule has 0 aromatic heterocycles. The average molecular weight is 259 g/mol. The van der Waals surface area contributed by atoms with Crippen molar-refractivity contribution in [2.75, 3.05) is 0 Å². The standard InChI is InChI=1S/C19H17N/c20-12-13-7-9-14(10-8-13)18-11-16-5-1-3-15-4-2-6-17(18)19(15)16/h1-10,18H,11-12,20H2. The fourth-order valence-electron chi connectivity index (χ4n) is 3.42. The summed E-state index contributed by atoms with van der Waals surface area (Å²) in [5.41, 5.74) is 11.2. The van der Waals surface area contributed by atoms with Gasteiger partial charge in [-0.15, -0.1) is 0 Å². The van der Waals surface area contributed by atoms with E-state index in [0.29, 0.717) is 12.5 Å². The summed E-state index contributed by atoms with van der Waals surface area (Å²) < 4.78 is 0. The summed E-state index contributed by atoms with van der Waals surface area (Å²) in [5.74, 6) is 0.489. The predicted octanol–water partition coefficient (Wildman–Crippen LogP) is 3.99. The predicted molar refractivity (Wildman–Crippen MR) is 83.8 cm³/mol. The van der Waals surface area contributed by atoms with Crippen molar-refractivity contribution in [1.29, 1.82) is 0 Å². The van der Waals surface area contributed by atoms with Crippen LogP contribution in [0.3, 0.4) is 0 Å². The molecule has 0 bridgehead atoms. The van der Waals surface area contributed by atoms with Crippen LogP contribution in [-0.4, -0.2) is 0 Å². The van der Waals surface area contributed by atoms with Crippen molar-refractivity contribution < 1.29 is 0 Å². The first-order valence-corrected chi connectivity index (χ1v) is 7.16.